The van der Waals surface area contributed by atoms with Gasteiger partial charge in [0.25, 0.3) is 0 Å². The summed E-state index contributed by atoms with van der Waals surface area (Å²) < 4.78 is 14.7. The Balaban J connectivity index is 1.82. The summed E-state index contributed by atoms with van der Waals surface area (Å²) in [4.78, 5) is 0.959. The fraction of sp³-hybridized carbons (Fsp3) is 0.438. The number of aliphatic hydroxyl groups is 1. The van der Waals surface area contributed by atoms with Crippen LogP contribution in [0.15, 0.2) is 41.4 Å². The molecule has 1 heterocycles. The Morgan fingerprint density at radius 3 is 2.67 bits per heavy atom. The topological polar surface area (TPSA) is 38.0 Å². The van der Waals surface area contributed by atoms with Crippen molar-refractivity contribution in [1.29, 1.82) is 0 Å². The molecule has 0 saturated heterocycles. The van der Waals surface area contributed by atoms with Crippen molar-refractivity contribution in [2.75, 3.05) is 5.75 Å². The summed E-state index contributed by atoms with van der Waals surface area (Å²) in [5.41, 5.74) is 0.905. The van der Waals surface area contributed by atoms with Crippen LogP contribution in [0.3, 0.4) is 0 Å². The molecule has 3 nitrogen and oxygen atoms in total. The lowest BCUT2D eigenvalue weighted by Crippen LogP contribution is -2.14. The molecule has 0 radical (unpaired) electrons. The first kappa shape index (κ1) is 16.0. The zero-order chi connectivity index (χ0) is 15.2. The minimum atomic E-state index is -0.458. The highest BCUT2D eigenvalue weighted by Gasteiger charge is 2.10. The summed E-state index contributed by atoms with van der Waals surface area (Å²) in [7, 11) is 0. The molecule has 0 aliphatic rings. The molecule has 0 bridgehead atoms. The zero-order valence-electron chi connectivity index (χ0n) is 12.4. The van der Waals surface area contributed by atoms with Gasteiger partial charge in [-0.05, 0) is 43.7 Å². The van der Waals surface area contributed by atoms with Gasteiger partial charge in [-0.1, -0.05) is 6.92 Å². The van der Waals surface area contributed by atoms with Crippen molar-refractivity contribution in [3.8, 4) is 0 Å². The number of hydrogen-bond acceptors (Lipinski definition) is 3. The first-order valence-electron chi connectivity index (χ1n) is 7.19. The molecule has 1 N–H and O–H groups in total. The summed E-state index contributed by atoms with van der Waals surface area (Å²) in [6.07, 6.45) is 3.07. The van der Waals surface area contributed by atoms with E-state index in [1.54, 1.807) is 12.1 Å². The molecule has 21 heavy (non-hydrogen) atoms. The van der Waals surface area contributed by atoms with Crippen molar-refractivity contribution < 1.29 is 9.50 Å². The molecule has 0 aliphatic heterocycles. The van der Waals surface area contributed by atoms with Gasteiger partial charge in [0.1, 0.15) is 5.82 Å². The number of aromatic nitrogens is 2. The molecule has 0 aliphatic carbocycles. The van der Waals surface area contributed by atoms with E-state index in [1.807, 2.05) is 16.9 Å². The number of halogens is 1. The molecule has 114 valence electrons. The van der Waals surface area contributed by atoms with Crippen LogP contribution in [0.1, 0.15) is 32.0 Å². The highest BCUT2D eigenvalue weighted by molar-refractivity contribution is 7.99. The van der Waals surface area contributed by atoms with Crippen molar-refractivity contribution in [2.24, 2.45) is 0 Å². The maximum atomic E-state index is 12.8. The average Bonchev–Trinajstić information content (AvgIpc) is 2.94. The predicted molar refractivity (Wildman–Crippen MR) is 84.1 cm³/mol. The van der Waals surface area contributed by atoms with Crippen molar-refractivity contribution >= 4 is 11.8 Å². The van der Waals surface area contributed by atoms with Crippen molar-refractivity contribution in [3.05, 3.63) is 48.0 Å². The highest BCUT2D eigenvalue weighted by Crippen LogP contribution is 2.20. The number of aliphatic hydroxyl groups excluding tert-OH is 1. The van der Waals surface area contributed by atoms with E-state index in [1.165, 1.54) is 23.9 Å². The summed E-state index contributed by atoms with van der Waals surface area (Å²) in [6, 6.07) is 8.65. The van der Waals surface area contributed by atoms with Crippen molar-refractivity contribution in [1.82, 2.24) is 9.78 Å². The molecule has 2 rings (SSSR count). The van der Waals surface area contributed by atoms with E-state index in [0.29, 0.717) is 18.2 Å². The third-order valence-corrected chi connectivity index (χ3v) is 4.56. The molecule has 1 aromatic heterocycles. The molecule has 1 aromatic carbocycles. The van der Waals surface area contributed by atoms with Gasteiger partial charge < -0.3 is 5.11 Å². The van der Waals surface area contributed by atoms with Gasteiger partial charge in [-0.3, -0.25) is 4.68 Å². The summed E-state index contributed by atoms with van der Waals surface area (Å²) in [5.74, 6) is 0.331. The van der Waals surface area contributed by atoms with E-state index in [9.17, 15) is 9.50 Å². The van der Waals surface area contributed by atoms with Gasteiger partial charge >= 0.3 is 0 Å². The lowest BCUT2D eigenvalue weighted by atomic mass is 10.2. The largest absolute Gasteiger partial charge is 0.392 e. The van der Waals surface area contributed by atoms with E-state index in [0.717, 1.165) is 17.0 Å². The Morgan fingerprint density at radius 2 is 2.00 bits per heavy atom. The van der Waals surface area contributed by atoms with Gasteiger partial charge in [-0.2, -0.15) is 5.10 Å². The predicted octanol–water partition coefficient (Wildman–Crippen LogP) is 3.69. The highest BCUT2D eigenvalue weighted by atomic mass is 32.2. The summed E-state index contributed by atoms with van der Waals surface area (Å²) >= 11 is 1.52. The molecule has 2 atom stereocenters. The number of benzene rings is 1. The minimum Gasteiger partial charge on any atom is -0.392 e. The van der Waals surface area contributed by atoms with E-state index < -0.39 is 6.10 Å². The third-order valence-electron chi connectivity index (χ3n) is 3.41. The second-order valence-electron chi connectivity index (χ2n) is 5.17. The Morgan fingerprint density at radius 1 is 1.29 bits per heavy atom. The lowest BCUT2D eigenvalue weighted by Gasteiger charge is -2.10. The fourth-order valence-electron chi connectivity index (χ4n) is 1.94. The van der Waals surface area contributed by atoms with Gasteiger partial charge in [0, 0.05) is 29.3 Å². The van der Waals surface area contributed by atoms with Crippen LogP contribution < -0.4 is 0 Å². The molecule has 5 heteroatoms. The second kappa shape index (κ2) is 7.61. The first-order chi connectivity index (χ1) is 10.1. The van der Waals surface area contributed by atoms with Crippen LogP contribution in [0.25, 0.3) is 0 Å². The molecular weight excluding hydrogens is 287 g/mol. The third kappa shape index (κ3) is 4.86. The van der Waals surface area contributed by atoms with Crippen LogP contribution in [-0.4, -0.2) is 26.7 Å². The Kier molecular flexibility index (Phi) is 5.82. The monoisotopic (exact) mass is 308 g/mol. The SMILES string of the molecule is CCC(C)n1ccc(CC(O)CSc2ccc(F)cc2)n1. The van der Waals surface area contributed by atoms with Gasteiger partial charge in [0.05, 0.1) is 11.8 Å². The number of thioether (sulfide) groups is 1. The summed E-state index contributed by atoms with van der Waals surface area (Å²) in [5, 5.41) is 14.6. The van der Waals surface area contributed by atoms with Gasteiger partial charge in [0.15, 0.2) is 0 Å². The molecule has 0 saturated carbocycles. The molecule has 2 unspecified atom stereocenters. The average molecular weight is 308 g/mol. The number of nitrogens with zero attached hydrogens (tertiary/aromatic N) is 2. The number of rotatable bonds is 7. The Hall–Kier alpha value is -1.33. The zero-order valence-corrected chi connectivity index (χ0v) is 13.2. The number of hydrogen-bond donors (Lipinski definition) is 1. The molecule has 0 spiro atoms. The summed E-state index contributed by atoms with van der Waals surface area (Å²) in [6.45, 7) is 4.25. The maximum Gasteiger partial charge on any atom is 0.123 e. The van der Waals surface area contributed by atoms with Crippen LogP contribution in [0.4, 0.5) is 4.39 Å². The molecule has 0 fully saturated rings. The van der Waals surface area contributed by atoms with Crippen LogP contribution in [0, 0.1) is 5.82 Å². The first-order valence-corrected chi connectivity index (χ1v) is 8.17. The van der Waals surface area contributed by atoms with Gasteiger partial charge in [-0.25, -0.2) is 4.39 Å². The van der Waals surface area contributed by atoms with E-state index in [4.69, 9.17) is 0 Å². The minimum absolute atomic E-state index is 0.240. The maximum absolute atomic E-state index is 12.8. The quantitative estimate of drug-likeness (QED) is 0.793. The standard InChI is InChI=1S/C16H21FN2OS/c1-3-12(2)19-9-8-14(18-19)10-15(20)11-21-16-6-4-13(17)5-7-16/h4-9,12,15,20H,3,10-11H2,1-2H3. The fourth-order valence-corrected chi connectivity index (χ4v) is 2.77. The Labute approximate surface area is 129 Å². The normalized spacial score (nSPS) is 14.1. The van der Waals surface area contributed by atoms with E-state index in [-0.39, 0.29) is 5.82 Å². The van der Waals surface area contributed by atoms with Gasteiger partial charge in [0.2, 0.25) is 0 Å². The van der Waals surface area contributed by atoms with Crippen LogP contribution in [0.5, 0.6) is 0 Å². The lowest BCUT2D eigenvalue weighted by molar-refractivity contribution is 0.198. The molecular formula is C16H21FN2OS. The smallest absolute Gasteiger partial charge is 0.123 e. The Bertz CT molecular complexity index is 556. The van der Waals surface area contributed by atoms with Crippen LogP contribution in [-0.2, 0) is 6.42 Å². The van der Waals surface area contributed by atoms with Crippen molar-refractivity contribution in [2.45, 2.75) is 43.7 Å². The van der Waals surface area contributed by atoms with Crippen LogP contribution in [0.2, 0.25) is 0 Å². The van der Waals surface area contributed by atoms with Gasteiger partial charge in [-0.15, -0.1) is 11.8 Å². The molecule has 0 amide bonds. The van der Waals surface area contributed by atoms with Crippen molar-refractivity contribution in [3.63, 3.8) is 0 Å². The van der Waals surface area contributed by atoms with Crippen LogP contribution >= 0.6 is 11.8 Å². The van der Waals surface area contributed by atoms with E-state index >= 15 is 0 Å². The van der Waals surface area contributed by atoms with E-state index in [2.05, 4.69) is 18.9 Å². The molecule has 2 aromatic rings. The second-order valence-corrected chi connectivity index (χ2v) is 6.26.